The molecular formula is C16H22N4O2. The minimum atomic E-state index is -0.317. The first-order valence-electron chi connectivity index (χ1n) is 7.24. The van der Waals surface area contributed by atoms with Crippen molar-refractivity contribution < 1.29 is 4.74 Å². The fraction of sp³-hybridized carbons (Fsp3) is 0.438. The van der Waals surface area contributed by atoms with Gasteiger partial charge in [-0.2, -0.15) is 0 Å². The lowest BCUT2D eigenvalue weighted by molar-refractivity contribution is 0.414. The summed E-state index contributed by atoms with van der Waals surface area (Å²) in [5.41, 5.74) is 1.10. The fourth-order valence-corrected chi connectivity index (χ4v) is 2.02. The molecule has 6 heteroatoms. The quantitative estimate of drug-likeness (QED) is 0.884. The van der Waals surface area contributed by atoms with Crippen LogP contribution in [-0.4, -0.2) is 28.8 Å². The number of aromatic nitrogens is 3. The molecule has 2 aromatic rings. The molecule has 118 valence electrons. The Hall–Kier alpha value is -2.37. The average molecular weight is 302 g/mol. The summed E-state index contributed by atoms with van der Waals surface area (Å²) in [6.45, 7) is 6.46. The van der Waals surface area contributed by atoms with E-state index in [1.165, 1.54) is 5.56 Å². The number of rotatable bonds is 5. The molecule has 0 amide bonds. The van der Waals surface area contributed by atoms with E-state index in [2.05, 4.69) is 20.5 Å². The maximum Gasteiger partial charge on any atom is 0.274 e. The van der Waals surface area contributed by atoms with E-state index in [4.69, 9.17) is 4.74 Å². The molecule has 0 bridgehead atoms. The lowest BCUT2D eigenvalue weighted by atomic mass is 9.93. The van der Waals surface area contributed by atoms with Crippen molar-refractivity contribution in [1.82, 2.24) is 15.2 Å². The third-order valence-corrected chi connectivity index (χ3v) is 3.27. The Bertz CT molecular complexity index is 672. The highest BCUT2D eigenvalue weighted by Crippen LogP contribution is 2.15. The van der Waals surface area contributed by atoms with Gasteiger partial charge in [0.15, 0.2) is 0 Å². The van der Waals surface area contributed by atoms with Crippen LogP contribution in [0.2, 0.25) is 0 Å². The van der Waals surface area contributed by atoms with Crippen LogP contribution >= 0.6 is 0 Å². The molecule has 22 heavy (non-hydrogen) atoms. The molecule has 0 saturated carbocycles. The second kappa shape index (κ2) is 6.60. The van der Waals surface area contributed by atoms with Gasteiger partial charge in [-0.1, -0.05) is 32.9 Å². The molecule has 1 aromatic heterocycles. The normalized spacial score (nSPS) is 11.3. The predicted molar refractivity (Wildman–Crippen MR) is 86.5 cm³/mol. The first-order valence-corrected chi connectivity index (χ1v) is 7.24. The van der Waals surface area contributed by atoms with E-state index in [9.17, 15) is 4.79 Å². The standard InChI is InChI=1S/C16H22N4O2/c1-16(2,3)13-14(21)18-15(20-19-13)17-10-9-11-5-7-12(22-4)8-6-11/h5-8H,9-10H2,1-4H3,(H2,17,18,20,21). The molecule has 0 aliphatic rings. The van der Waals surface area contributed by atoms with Crippen LogP contribution in [-0.2, 0) is 11.8 Å². The molecule has 2 rings (SSSR count). The van der Waals surface area contributed by atoms with E-state index in [0.717, 1.165) is 12.2 Å². The van der Waals surface area contributed by atoms with E-state index in [0.29, 0.717) is 18.2 Å². The van der Waals surface area contributed by atoms with E-state index in [1.807, 2.05) is 45.0 Å². The summed E-state index contributed by atoms with van der Waals surface area (Å²) in [5.74, 6) is 1.23. The lowest BCUT2D eigenvalue weighted by Crippen LogP contribution is -2.28. The minimum absolute atomic E-state index is 0.200. The SMILES string of the molecule is COc1ccc(CCNc2nnc(C(C)(C)C)c(=O)[nH]2)cc1. The molecule has 0 atom stereocenters. The highest BCUT2D eigenvalue weighted by Gasteiger charge is 2.20. The smallest absolute Gasteiger partial charge is 0.274 e. The number of H-pyrrole nitrogens is 1. The van der Waals surface area contributed by atoms with Crippen LogP contribution in [0.3, 0.4) is 0 Å². The second-order valence-electron chi connectivity index (χ2n) is 6.13. The van der Waals surface area contributed by atoms with Gasteiger partial charge in [-0.25, -0.2) is 0 Å². The highest BCUT2D eigenvalue weighted by molar-refractivity contribution is 5.29. The molecule has 0 aliphatic heterocycles. The van der Waals surface area contributed by atoms with Gasteiger partial charge in [-0.15, -0.1) is 10.2 Å². The Labute approximate surface area is 129 Å². The van der Waals surface area contributed by atoms with Crippen LogP contribution in [0.1, 0.15) is 32.0 Å². The molecule has 0 radical (unpaired) electrons. The first kappa shape index (κ1) is 16.0. The van der Waals surface area contributed by atoms with E-state index in [-0.39, 0.29) is 11.0 Å². The van der Waals surface area contributed by atoms with Crippen molar-refractivity contribution in [3.63, 3.8) is 0 Å². The number of anilines is 1. The van der Waals surface area contributed by atoms with Gasteiger partial charge in [0.05, 0.1) is 7.11 Å². The van der Waals surface area contributed by atoms with Crippen LogP contribution in [0.15, 0.2) is 29.1 Å². The fourth-order valence-electron chi connectivity index (χ4n) is 2.02. The molecule has 2 N–H and O–H groups in total. The number of nitrogens with one attached hydrogen (secondary N) is 2. The number of ether oxygens (including phenoxy) is 1. The van der Waals surface area contributed by atoms with Crippen LogP contribution in [0.4, 0.5) is 5.95 Å². The molecule has 0 spiro atoms. The Balaban J connectivity index is 1.94. The summed E-state index contributed by atoms with van der Waals surface area (Å²) in [7, 11) is 1.65. The molecule has 6 nitrogen and oxygen atoms in total. The number of nitrogens with zero attached hydrogens (tertiary/aromatic N) is 2. The number of hydrogen-bond acceptors (Lipinski definition) is 5. The summed E-state index contributed by atoms with van der Waals surface area (Å²) in [5, 5.41) is 11.1. The van der Waals surface area contributed by atoms with Crippen LogP contribution in [0.5, 0.6) is 5.75 Å². The topological polar surface area (TPSA) is 79.9 Å². The summed E-state index contributed by atoms with van der Waals surface area (Å²) in [6.07, 6.45) is 0.814. The summed E-state index contributed by atoms with van der Waals surface area (Å²) in [6, 6.07) is 7.87. The van der Waals surface area contributed by atoms with E-state index < -0.39 is 0 Å². The van der Waals surface area contributed by atoms with Crippen molar-refractivity contribution in [2.75, 3.05) is 19.0 Å². The van der Waals surface area contributed by atoms with Gasteiger partial charge in [-0.05, 0) is 24.1 Å². The Morgan fingerprint density at radius 3 is 2.41 bits per heavy atom. The molecule has 0 fully saturated rings. The Kier molecular flexibility index (Phi) is 4.80. The van der Waals surface area contributed by atoms with Gasteiger partial charge in [0, 0.05) is 12.0 Å². The Morgan fingerprint density at radius 1 is 1.18 bits per heavy atom. The third-order valence-electron chi connectivity index (χ3n) is 3.27. The second-order valence-corrected chi connectivity index (χ2v) is 6.13. The molecule has 0 unspecified atom stereocenters. The zero-order chi connectivity index (χ0) is 16.2. The average Bonchev–Trinajstić information content (AvgIpc) is 2.47. The van der Waals surface area contributed by atoms with Crippen LogP contribution in [0.25, 0.3) is 0 Å². The van der Waals surface area contributed by atoms with Gasteiger partial charge in [0.1, 0.15) is 11.4 Å². The van der Waals surface area contributed by atoms with Crippen molar-refractivity contribution in [3.05, 3.63) is 45.9 Å². The molecule has 1 aromatic carbocycles. The molecular weight excluding hydrogens is 280 g/mol. The number of methoxy groups -OCH3 is 1. The van der Waals surface area contributed by atoms with Crippen molar-refractivity contribution in [3.8, 4) is 5.75 Å². The monoisotopic (exact) mass is 302 g/mol. The molecule has 1 heterocycles. The first-order chi connectivity index (χ1) is 10.4. The van der Waals surface area contributed by atoms with Crippen molar-refractivity contribution >= 4 is 5.95 Å². The van der Waals surface area contributed by atoms with Gasteiger partial charge < -0.3 is 10.1 Å². The maximum atomic E-state index is 12.0. The Morgan fingerprint density at radius 2 is 1.86 bits per heavy atom. The van der Waals surface area contributed by atoms with Gasteiger partial charge in [-0.3, -0.25) is 9.78 Å². The lowest BCUT2D eigenvalue weighted by Gasteiger charge is -2.15. The third kappa shape index (κ3) is 4.07. The van der Waals surface area contributed by atoms with Crippen LogP contribution < -0.4 is 15.6 Å². The van der Waals surface area contributed by atoms with Crippen molar-refractivity contribution in [1.29, 1.82) is 0 Å². The van der Waals surface area contributed by atoms with Gasteiger partial charge >= 0.3 is 0 Å². The molecule has 0 saturated heterocycles. The highest BCUT2D eigenvalue weighted by atomic mass is 16.5. The van der Waals surface area contributed by atoms with Crippen LogP contribution in [0, 0.1) is 0 Å². The predicted octanol–water partition coefficient (Wildman–Crippen LogP) is 2.13. The van der Waals surface area contributed by atoms with E-state index >= 15 is 0 Å². The summed E-state index contributed by atoms with van der Waals surface area (Å²) < 4.78 is 5.12. The zero-order valence-corrected chi connectivity index (χ0v) is 13.4. The number of benzene rings is 1. The van der Waals surface area contributed by atoms with Crippen molar-refractivity contribution in [2.24, 2.45) is 0 Å². The minimum Gasteiger partial charge on any atom is -0.497 e. The number of aromatic amines is 1. The zero-order valence-electron chi connectivity index (χ0n) is 13.4. The summed E-state index contributed by atoms with van der Waals surface area (Å²) in [4.78, 5) is 14.7. The van der Waals surface area contributed by atoms with E-state index in [1.54, 1.807) is 7.11 Å². The van der Waals surface area contributed by atoms with Gasteiger partial charge in [0.25, 0.3) is 5.56 Å². The number of hydrogen-bond donors (Lipinski definition) is 2. The largest absolute Gasteiger partial charge is 0.497 e. The van der Waals surface area contributed by atoms with Gasteiger partial charge in [0.2, 0.25) is 5.95 Å². The summed E-state index contributed by atoms with van der Waals surface area (Å²) >= 11 is 0. The molecule has 0 aliphatic carbocycles. The maximum absolute atomic E-state index is 12.0. The van der Waals surface area contributed by atoms with Crippen molar-refractivity contribution in [2.45, 2.75) is 32.6 Å².